The average molecular weight is 385 g/mol. The first-order valence-corrected chi connectivity index (χ1v) is 10.0. The lowest BCUT2D eigenvalue weighted by atomic mass is 10.2. The summed E-state index contributed by atoms with van der Waals surface area (Å²) in [6.07, 6.45) is 3.06. The van der Waals surface area contributed by atoms with Crippen molar-refractivity contribution in [1.29, 1.82) is 0 Å². The van der Waals surface area contributed by atoms with E-state index in [0.717, 1.165) is 35.2 Å². The molecule has 142 valence electrons. The number of anilines is 1. The molecule has 27 heavy (non-hydrogen) atoms. The molecule has 0 aliphatic heterocycles. The van der Waals surface area contributed by atoms with Crippen molar-refractivity contribution in [2.24, 2.45) is 0 Å². The lowest BCUT2D eigenvalue weighted by Crippen LogP contribution is -2.20. The van der Waals surface area contributed by atoms with Gasteiger partial charge in [-0.15, -0.1) is 0 Å². The topological polar surface area (TPSA) is 60.5 Å². The third-order valence-corrected chi connectivity index (χ3v) is 4.98. The summed E-state index contributed by atoms with van der Waals surface area (Å²) < 4.78 is 12.3. The first-order chi connectivity index (χ1) is 13.2. The van der Waals surface area contributed by atoms with Crippen molar-refractivity contribution < 1.29 is 14.3 Å². The maximum absolute atomic E-state index is 12.2. The Kier molecular flexibility index (Phi) is 6.65. The van der Waals surface area contributed by atoms with Gasteiger partial charge in [0.2, 0.25) is 0 Å². The number of nitrogens with one attached hydrogen (secondary N) is 1. The fourth-order valence-electron chi connectivity index (χ4n) is 2.54. The Morgan fingerprint density at radius 3 is 2.78 bits per heavy atom. The predicted molar refractivity (Wildman–Crippen MR) is 110 cm³/mol. The molecule has 0 unspecified atom stereocenters. The molecule has 0 saturated carbocycles. The van der Waals surface area contributed by atoms with Crippen molar-refractivity contribution in [3.05, 3.63) is 48.0 Å². The van der Waals surface area contributed by atoms with Gasteiger partial charge in [-0.05, 0) is 48.7 Å². The number of amides is 1. The number of carbonyl (C=O) groups is 1. The molecular formula is C21H24N2O3S. The molecule has 1 N–H and O–H groups in total. The fraction of sp³-hybridized carbons (Fsp3) is 0.333. The number of hydrogen-bond acceptors (Lipinski definition) is 5. The van der Waals surface area contributed by atoms with Gasteiger partial charge in [-0.25, -0.2) is 4.98 Å². The molecular weight excluding hydrogens is 360 g/mol. The Morgan fingerprint density at radius 2 is 1.96 bits per heavy atom. The molecule has 0 fully saturated rings. The second kappa shape index (κ2) is 9.37. The van der Waals surface area contributed by atoms with Crippen LogP contribution in [-0.4, -0.2) is 24.1 Å². The smallest absolute Gasteiger partial charge is 0.264 e. The summed E-state index contributed by atoms with van der Waals surface area (Å²) >= 11 is 1.43. The minimum atomic E-state index is -0.227. The van der Waals surface area contributed by atoms with Gasteiger partial charge in [0.25, 0.3) is 5.91 Å². The summed E-state index contributed by atoms with van der Waals surface area (Å²) in [5, 5.41) is 3.37. The number of nitrogens with zero attached hydrogens (tertiary/aromatic N) is 1. The lowest BCUT2D eigenvalue weighted by molar-refractivity contribution is -0.118. The van der Waals surface area contributed by atoms with Gasteiger partial charge in [-0.2, -0.15) is 0 Å². The first-order valence-electron chi connectivity index (χ1n) is 9.23. The average Bonchev–Trinajstić information content (AvgIpc) is 3.08. The van der Waals surface area contributed by atoms with Crippen LogP contribution in [-0.2, 0) is 11.2 Å². The number of hydrogen-bond donors (Lipinski definition) is 1. The highest BCUT2D eigenvalue weighted by molar-refractivity contribution is 7.22. The van der Waals surface area contributed by atoms with Crippen molar-refractivity contribution in [1.82, 2.24) is 4.98 Å². The van der Waals surface area contributed by atoms with Crippen LogP contribution in [0.4, 0.5) is 5.13 Å². The zero-order valence-electron chi connectivity index (χ0n) is 15.7. The Hall–Kier alpha value is -2.60. The highest BCUT2D eigenvalue weighted by Gasteiger charge is 2.10. The third-order valence-electron chi connectivity index (χ3n) is 4.05. The van der Waals surface area contributed by atoms with Crippen molar-refractivity contribution in [2.75, 3.05) is 18.5 Å². The molecule has 0 spiro atoms. The molecule has 0 aliphatic carbocycles. The van der Waals surface area contributed by atoms with E-state index >= 15 is 0 Å². The second-order valence-electron chi connectivity index (χ2n) is 6.19. The van der Waals surface area contributed by atoms with E-state index in [4.69, 9.17) is 9.47 Å². The summed E-state index contributed by atoms with van der Waals surface area (Å²) in [6, 6.07) is 13.6. The van der Waals surface area contributed by atoms with Crippen LogP contribution >= 0.6 is 11.3 Å². The zero-order chi connectivity index (χ0) is 19.1. The number of thiazole rings is 1. The van der Waals surface area contributed by atoms with Crippen molar-refractivity contribution in [2.45, 2.75) is 33.1 Å². The molecule has 5 nitrogen and oxygen atoms in total. The molecule has 0 radical (unpaired) electrons. The highest BCUT2D eigenvalue weighted by atomic mass is 32.1. The molecule has 6 heteroatoms. The number of benzene rings is 2. The van der Waals surface area contributed by atoms with Gasteiger partial charge in [0.15, 0.2) is 11.7 Å². The molecule has 0 aliphatic rings. The van der Waals surface area contributed by atoms with Gasteiger partial charge >= 0.3 is 0 Å². The molecule has 1 aromatic heterocycles. The van der Waals surface area contributed by atoms with Crippen LogP contribution in [0.3, 0.4) is 0 Å². The summed E-state index contributed by atoms with van der Waals surface area (Å²) in [5.74, 6) is 1.30. The van der Waals surface area contributed by atoms with E-state index < -0.39 is 0 Å². The number of unbranched alkanes of at least 4 members (excludes halogenated alkanes) is 1. The number of fused-ring (bicyclic) bond motifs is 1. The minimum absolute atomic E-state index is 0.0472. The molecule has 0 bridgehead atoms. The monoisotopic (exact) mass is 384 g/mol. The number of aromatic nitrogens is 1. The molecule has 1 heterocycles. The molecule has 2 aromatic carbocycles. The van der Waals surface area contributed by atoms with E-state index in [2.05, 4.69) is 24.1 Å². The number of rotatable bonds is 9. The van der Waals surface area contributed by atoms with Gasteiger partial charge in [0, 0.05) is 0 Å². The van der Waals surface area contributed by atoms with Gasteiger partial charge in [0.1, 0.15) is 11.5 Å². The first kappa shape index (κ1) is 19.2. The van der Waals surface area contributed by atoms with E-state index in [9.17, 15) is 4.79 Å². The van der Waals surface area contributed by atoms with Gasteiger partial charge in [0.05, 0.1) is 16.8 Å². The maximum Gasteiger partial charge on any atom is 0.264 e. The highest BCUT2D eigenvalue weighted by Crippen LogP contribution is 2.29. The van der Waals surface area contributed by atoms with Crippen LogP contribution in [0.15, 0.2) is 42.5 Å². The van der Waals surface area contributed by atoms with Crippen molar-refractivity contribution in [3.8, 4) is 11.5 Å². The number of carbonyl (C=O) groups excluding carboxylic acids is 1. The maximum atomic E-state index is 12.2. The molecule has 3 rings (SSSR count). The predicted octanol–water partition coefficient (Wildman–Crippen LogP) is 5.06. The third kappa shape index (κ3) is 5.44. The summed E-state index contributed by atoms with van der Waals surface area (Å²) in [5.41, 5.74) is 2.02. The Balaban J connectivity index is 1.57. The lowest BCUT2D eigenvalue weighted by Gasteiger charge is -2.06. The van der Waals surface area contributed by atoms with Gasteiger partial charge < -0.3 is 9.47 Å². The van der Waals surface area contributed by atoms with Crippen molar-refractivity contribution >= 4 is 32.6 Å². The van der Waals surface area contributed by atoms with Crippen LogP contribution in [0.25, 0.3) is 10.2 Å². The summed E-state index contributed by atoms with van der Waals surface area (Å²) in [4.78, 5) is 16.6. The SMILES string of the molecule is CCCCOc1ccc2nc(NC(=O)COc3cccc(CC)c3)sc2c1. The number of ether oxygens (including phenoxy) is 2. The van der Waals surface area contributed by atoms with Crippen LogP contribution in [0, 0.1) is 0 Å². The zero-order valence-corrected chi connectivity index (χ0v) is 16.5. The van der Waals surface area contributed by atoms with Gasteiger partial charge in [-0.3, -0.25) is 10.1 Å². The molecule has 3 aromatic rings. The van der Waals surface area contributed by atoms with Crippen LogP contribution < -0.4 is 14.8 Å². The van der Waals surface area contributed by atoms with E-state index in [-0.39, 0.29) is 12.5 Å². The van der Waals surface area contributed by atoms with E-state index in [0.29, 0.717) is 17.5 Å². The standard InChI is InChI=1S/C21H24N2O3S/c1-3-5-11-25-17-9-10-18-19(13-17)27-21(22-18)23-20(24)14-26-16-8-6-7-15(4-2)12-16/h6-10,12-13H,3-5,11,14H2,1-2H3,(H,22,23,24). The minimum Gasteiger partial charge on any atom is -0.494 e. The Morgan fingerprint density at radius 1 is 1.11 bits per heavy atom. The van der Waals surface area contributed by atoms with Crippen LogP contribution in [0.2, 0.25) is 0 Å². The van der Waals surface area contributed by atoms with Crippen LogP contribution in [0.1, 0.15) is 32.3 Å². The fourth-order valence-corrected chi connectivity index (χ4v) is 3.45. The Labute approximate surface area is 163 Å². The summed E-state index contributed by atoms with van der Waals surface area (Å²) in [6.45, 7) is 4.88. The molecule has 1 amide bonds. The van der Waals surface area contributed by atoms with E-state index in [1.165, 1.54) is 16.9 Å². The second-order valence-corrected chi connectivity index (χ2v) is 7.22. The van der Waals surface area contributed by atoms with Gasteiger partial charge in [-0.1, -0.05) is 43.7 Å². The van der Waals surface area contributed by atoms with Crippen LogP contribution in [0.5, 0.6) is 11.5 Å². The van der Waals surface area contributed by atoms with Crippen molar-refractivity contribution in [3.63, 3.8) is 0 Å². The van der Waals surface area contributed by atoms with E-state index in [1.807, 2.05) is 42.5 Å². The summed E-state index contributed by atoms with van der Waals surface area (Å²) in [7, 11) is 0. The van der Waals surface area contributed by atoms with E-state index in [1.54, 1.807) is 0 Å². The number of aryl methyl sites for hydroxylation is 1. The Bertz CT molecular complexity index is 907. The quantitative estimate of drug-likeness (QED) is 0.524. The normalized spacial score (nSPS) is 10.7. The molecule has 0 atom stereocenters. The molecule has 0 saturated heterocycles. The largest absolute Gasteiger partial charge is 0.494 e.